The number of hydrogen-bond donors (Lipinski definition) is 0. The first-order valence-electron chi connectivity index (χ1n) is 9.51. The summed E-state index contributed by atoms with van der Waals surface area (Å²) in [6.07, 6.45) is -4.00. The molecule has 4 rings (SSSR count). The van der Waals surface area contributed by atoms with Crippen molar-refractivity contribution in [3.8, 4) is 0 Å². The summed E-state index contributed by atoms with van der Waals surface area (Å²) >= 11 is 13.3. The Morgan fingerprint density at radius 2 is 1.56 bits per heavy atom. The molecule has 0 spiro atoms. The van der Waals surface area contributed by atoms with Crippen LogP contribution in [0.4, 0.5) is 13.2 Å². The van der Waals surface area contributed by atoms with Crippen molar-refractivity contribution in [2.24, 2.45) is 0 Å². The second-order valence-corrected chi connectivity index (χ2v) is 8.76. The summed E-state index contributed by atoms with van der Waals surface area (Å²) in [5.74, 6) is 0. The third-order valence-electron chi connectivity index (χ3n) is 4.81. The van der Waals surface area contributed by atoms with Gasteiger partial charge in [-0.2, -0.15) is 13.2 Å². The molecule has 1 aromatic heterocycles. The molecule has 0 unspecified atom stereocenters. The van der Waals surface area contributed by atoms with E-state index in [0.29, 0.717) is 29.0 Å². The maximum atomic E-state index is 13.2. The molecular formula is C23H15Cl2F3N2OS. The molecule has 1 heterocycles. The monoisotopic (exact) mass is 494 g/mol. The molecule has 0 atom stereocenters. The second-order valence-electron chi connectivity index (χ2n) is 6.97. The van der Waals surface area contributed by atoms with Gasteiger partial charge in [0, 0.05) is 6.54 Å². The molecule has 0 saturated heterocycles. The molecular weight excluding hydrogens is 480 g/mol. The Labute approximate surface area is 195 Å². The summed E-state index contributed by atoms with van der Waals surface area (Å²) < 4.78 is 40.7. The van der Waals surface area contributed by atoms with Crippen LogP contribution in [0.5, 0.6) is 0 Å². The van der Waals surface area contributed by atoms with E-state index in [0.717, 1.165) is 29.5 Å². The molecule has 0 aliphatic rings. The van der Waals surface area contributed by atoms with Gasteiger partial charge in [0.1, 0.15) is 0 Å². The Hall–Kier alpha value is -2.48. The molecule has 0 radical (unpaired) electrons. The van der Waals surface area contributed by atoms with Gasteiger partial charge in [-0.3, -0.25) is 9.36 Å². The van der Waals surface area contributed by atoms with E-state index in [1.807, 2.05) is 30.3 Å². The van der Waals surface area contributed by atoms with Crippen LogP contribution in [-0.4, -0.2) is 9.55 Å². The van der Waals surface area contributed by atoms with Gasteiger partial charge in [-0.05, 0) is 48.0 Å². The van der Waals surface area contributed by atoms with E-state index in [2.05, 4.69) is 4.98 Å². The number of fused-ring (bicyclic) bond motifs is 1. The number of benzene rings is 3. The lowest BCUT2D eigenvalue weighted by molar-refractivity contribution is -0.137. The number of aryl methyl sites for hydroxylation is 1. The van der Waals surface area contributed by atoms with E-state index in [1.54, 1.807) is 24.3 Å². The Bertz CT molecular complexity index is 1320. The summed E-state index contributed by atoms with van der Waals surface area (Å²) in [7, 11) is 0. The largest absolute Gasteiger partial charge is 0.416 e. The molecule has 0 amide bonds. The molecule has 0 fully saturated rings. The molecule has 164 valence electrons. The summed E-state index contributed by atoms with van der Waals surface area (Å²) in [6, 6.07) is 18.2. The minimum Gasteiger partial charge on any atom is -0.286 e. The SMILES string of the molecule is O=c1c2ccccc2nc(Sc2c(Cl)cc(C(F)(F)F)cc2Cl)n1CCc1ccccc1. The van der Waals surface area contributed by atoms with Crippen molar-refractivity contribution >= 4 is 45.9 Å². The summed E-state index contributed by atoms with van der Waals surface area (Å²) in [5, 5.41) is 0.432. The Kier molecular flexibility index (Phi) is 6.51. The first-order chi connectivity index (χ1) is 15.2. The smallest absolute Gasteiger partial charge is 0.286 e. The molecule has 0 saturated carbocycles. The second kappa shape index (κ2) is 9.17. The maximum absolute atomic E-state index is 13.2. The van der Waals surface area contributed by atoms with Crippen molar-refractivity contribution in [2.75, 3.05) is 0 Å². The van der Waals surface area contributed by atoms with Crippen LogP contribution in [0.25, 0.3) is 10.9 Å². The van der Waals surface area contributed by atoms with Crippen LogP contribution in [0.15, 0.2) is 81.6 Å². The average Bonchev–Trinajstić information content (AvgIpc) is 2.76. The van der Waals surface area contributed by atoms with Crippen molar-refractivity contribution in [3.05, 3.63) is 98.3 Å². The molecule has 32 heavy (non-hydrogen) atoms. The fraction of sp³-hybridized carbons (Fsp3) is 0.130. The lowest BCUT2D eigenvalue weighted by Gasteiger charge is -2.15. The van der Waals surface area contributed by atoms with Gasteiger partial charge in [-0.1, -0.05) is 65.7 Å². The van der Waals surface area contributed by atoms with Crippen LogP contribution < -0.4 is 5.56 Å². The molecule has 9 heteroatoms. The van der Waals surface area contributed by atoms with Gasteiger partial charge in [0.25, 0.3) is 5.56 Å². The molecule has 0 bridgehead atoms. The fourth-order valence-corrected chi connectivity index (χ4v) is 4.86. The van der Waals surface area contributed by atoms with Crippen molar-refractivity contribution in [1.82, 2.24) is 9.55 Å². The lowest BCUT2D eigenvalue weighted by atomic mass is 10.1. The van der Waals surface area contributed by atoms with Gasteiger partial charge in [0.15, 0.2) is 5.16 Å². The highest BCUT2D eigenvalue weighted by molar-refractivity contribution is 7.99. The first kappa shape index (κ1) is 22.7. The van der Waals surface area contributed by atoms with Crippen LogP contribution in [0.3, 0.4) is 0 Å². The summed E-state index contributed by atoms with van der Waals surface area (Å²) in [5.41, 5.74) is 0.335. The molecule has 0 N–H and O–H groups in total. The average molecular weight is 495 g/mol. The molecule has 0 aliphatic heterocycles. The van der Waals surface area contributed by atoms with Crippen molar-refractivity contribution in [2.45, 2.75) is 29.2 Å². The quantitative estimate of drug-likeness (QED) is 0.277. The van der Waals surface area contributed by atoms with Crippen molar-refractivity contribution < 1.29 is 13.2 Å². The van der Waals surface area contributed by atoms with Crippen LogP contribution in [0.2, 0.25) is 10.0 Å². The minimum absolute atomic E-state index is 0.160. The van der Waals surface area contributed by atoms with E-state index in [-0.39, 0.29) is 20.5 Å². The van der Waals surface area contributed by atoms with Gasteiger partial charge in [-0.15, -0.1) is 0 Å². The zero-order valence-corrected chi connectivity index (χ0v) is 18.7. The van der Waals surface area contributed by atoms with Crippen molar-refractivity contribution in [1.29, 1.82) is 0 Å². The van der Waals surface area contributed by atoms with Gasteiger partial charge >= 0.3 is 6.18 Å². The van der Waals surface area contributed by atoms with Crippen LogP contribution in [0.1, 0.15) is 11.1 Å². The normalized spacial score (nSPS) is 11.8. The zero-order valence-electron chi connectivity index (χ0n) is 16.4. The first-order valence-corrected chi connectivity index (χ1v) is 11.1. The number of hydrogen-bond acceptors (Lipinski definition) is 3. The summed E-state index contributed by atoms with van der Waals surface area (Å²) in [6.45, 7) is 0.332. The molecule has 3 aromatic carbocycles. The number of para-hydroxylation sites is 1. The predicted octanol–water partition coefficient (Wildman–Crippen LogP) is 7.12. The van der Waals surface area contributed by atoms with Crippen molar-refractivity contribution in [3.63, 3.8) is 0 Å². The maximum Gasteiger partial charge on any atom is 0.416 e. The highest BCUT2D eigenvalue weighted by Crippen LogP contribution is 2.42. The topological polar surface area (TPSA) is 34.9 Å². The number of alkyl halides is 3. The highest BCUT2D eigenvalue weighted by Gasteiger charge is 2.32. The van der Waals surface area contributed by atoms with Crippen LogP contribution >= 0.6 is 35.0 Å². The number of rotatable bonds is 5. The van der Waals surface area contributed by atoms with Gasteiger partial charge in [0.2, 0.25) is 0 Å². The Morgan fingerprint density at radius 1 is 0.938 bits per heavy atom. The predicted molar refractivity (Wildman–Crippen MR) is 122 cm³/mol. The number of nitrogens with zero attached hydrogens (tertiary/aromatic N) is 2. The fourth-order valence-electron chi connectivity index (χ4n) is 3.22. The van der Waals surface area contributed by atoms with E-state index >= 15 is 0 Å². The molecule has 0 aliphatic carbocycles. The van der Waals surface area contributed by atoms with Crippen LogP contribution in [0, 0.1) is 0 Å². The minimum atomic E-state index is -4.57. The van der Waals surface area contributed by atoms with Crippen LogP contribution in [-0.2, 0) is 19.1 Å². The summed E-state index contributed by atoms with van der Waals surface area (Å²) in [4.78, 5) is 18.0. The van der Waals surface area contributed by atoms with Gasteiger partial charge in [0.05, 0.1) is 31.4 Å². The molecule has 3 nitrogen and oxygen atoms in total. The van der Waals surface area contributed by atoms with Gasteiger partial charge in [-0.25, -0.2) is 4.98 Å². The number of aromatic nitrogens is 2. The van der Waals surface area contributed by atoms with E-state index < -0.39 is 11.7 Å². The molecule has 4 aromatic rings. The lowest BCUT2D eigenvalue weighted by Crippen LogP contribution is -2.24. The third-order valence-corrected chi connectivity index (χ3v) is 6.77. The zero-order chi connectivity index (χ0) is 22.9. The standard InChI is InChI=1S/C23H15Cl2F3N2OS/c24-17-12-15(23(26,27)28)13-18(25)20(17)32-22-29-19-9-5-4-8-16(19)21(31)30(22)11-10-14-6-2-1-3-7-14/h1-9,12-13H,10-11H2. The van der Waals surface area contributed by atoms with Gasteiger partial charge < -0.3 is 0 Å². The highest BCUT2D eigenvalue weighted by atomic mass is 35.5. The number of halogens is 5. The Balaban J connectivity index is 1.78. The third kappa shape index (κ3) is 4.80. The Morgan fingerprint density at radius 3 is 2.22 bits per heavy atom. The van der Waals surface area contributed by atoms with E-state index in [4.69, 9.17) is 23.2 Å². The van der Waals surface area contributed by atoms with E-state index in [1.165, 1.54) is 4.57 Å². The van der Waals surface area contributed by atoms with E-state index in [9.17, 15) is 18.0 Å².